The molecule has 1 aromatic rings. The van der Waals surface area contributed by atoms with Crippen LogP contribution >= 0.6 is 11.3 Å². The summed E-state index contributed by atoms with van der Waals surface area (Å²) in [5.74, 6) is -1.46. The van der Waals surface area contributed by atoms with E-state index in [4.69, 9.17) is 9.84 Å². The van der Waals surface area contributed by atoms with Gasteiger partial charge in [0, 0.05) is 0 Å². The highest BCUT2D eigenvalue weighted by molar-refractivity contribution is 7.15. The predicted molar refractivity (Wildman–Crippen MR) is 89.0 cm³/mol. The molecule has 0 saturated carbocycles. The number of aliphatic carboxylic acids is 1. The molecular formula is C17H26O4S. The summed E-state index contributed by atoms with van der Waals surface area (Å²) in [6.45, 7) is 2.88. The maximum Gasteiger partial charge on any atom is 0.311 e. The summed E-state index contributed by atoms with van der Waals surface area (Å²) in [5, 5.41) is 9.29. The van der Waals surface area contributed by atoms with E-state index in [-0.39, 0.29) is 5.78 Å². The van der Waals surface area contributed by atoms with Gasteiger partial charge >= 0.3 is 5.97 Å². The summed E-state index contributed by atoms with van der Waals surface area (Å²) in [6, 6.07) is 3.38. The largest absolute Gasteiger partial charge is 0.484 e. The number of ether oxygens (including phenoxy) is 1. The second-order valence-corrected chi connectivity index (χ2v) is 6.48. The van der Waals surface area contributed by atoms with Crippen LogP contribution in [0.5, 0.6) is 5.06 Å². The monoisotopic (exact) mass is 326 g/mol. The average Bonchev–Trinajstić information content (AvgIpc) is 2.94. The van der Waals surface area contributed by atoms with Gasteiger partial charge in [0.1, 0.15) is 6.42 Å². The predicted octanol–water partition coefficient (Wildman–Crippen LogP) is 4.93. The molecular weight excluding hydrogens is 300 g/mol. The molecule has 0 amide bonds. The van der Waals surface area contributed by atoms with Crippen LogP contribution in [0.3, 0.4) is 0 Å². The third kappa shape index (κ3) is 8.17. The van der Waals surface area contributed by atoms with Crippen molar-refractivity contribution < 1.29 is 19.4 Å². The molecule has 0 aliphatic rings. The Hall–Kier alpha value is -1.36. The lowest BCUT2D eigenvalue weighted by Crippen LogP contribution is -2.04. The fraction of sp³-hybridized carbons (Fsp3) is 0.647. The normalized spacial score (nSPS) is 10.6. The number of Topliss-reactive ketones (excluding diaryl/α,β-unsaturated/α-hetero) is 1. The summed E-state index contributed by atoms with van der Waals surface area (Å²) in [4.78, 5) is 22.5. The first-order chi connectivity index (χ1) is 10.6. The van der Waals surface area contributed by atoms with Crippen LogP contribution in [0.4, 0.5) is 0 Å². The second-order valence-electron chi connectivity index (χ2n) is 5.44. The number of carboxylic acids is 1. The van der Waals surface area contributed by atoms with Gasteiger partial charge in [0.25, 0.3) is 0 Å². The van der Waals surface area contributed by atoms with Crippen molar-refractivity contribution in [2.24, 2.45) is 0 Å². The van der Waals surface area contributed by atoms with Gasteiger partial charge in [-0.05, 0) is 18.6 Å². The molecule has 0 aromatic carbocycles. The Morgan fingerprint density at radius 3 is 2.32 bits per heavy atom. The van der Waals surface area contributed by atoms with E-state index < -0.39 is 12.4 Å². The zero-order chi connectivity index (χ0) is 16.2. The van der Waals surface area contributed by atoms with Crippen molar-refractivity contribution in [2.45, 2.75) is 64.7 Å². The molecule has 0 unspecified atom stereocenters. The zero-order valence-electron chi connectivity index (χ0n) is 13.3. The maximum atomic E-state index is 11.6. The molecule has 1 aromatic heterocycles. The average molecular weight is 326 g/mol. The Morgan fingerprint density at radius 2 is 1.68 bits per heavy atom. The molecule has 0 aliphatic carbocycles. The van der Waals surface area contributed by atoms with Crippen LogP contribution in [-0.4, -0.2) is 23.5 Å². The maximum absolute atomic E-state index is 11.6. The number of thiophene rings is 1. The summed E-state index contributed by atoms with van der Waals surface area (Å²) in [5.41, 5.74) is 0. The van der Waals surface area contributed by atoms with E-state index in [1.807, 2.05) is 0 Å². The second kappa shape index (κ2) is 11.2. The van der Waals surface area contributed by atoms with Crippen LogP contribution in [0.1, 0.15) is 74.4 Å². The van der Waals surface area contributed by atoms with Gasteiger partial charge in [0.2, 0.25) is 0 Å². The lowest BCUT2D eigenvalue weighted by atomic mass is 10.1. The van der Waals surface area contributed by atoms with Crippen molar-refractivity contribution in [1.29, 1.82) is 0 Å². The Bertz CT molecular complexity index is 453. The minimum Gasteiger partial charge on any atom is -0.484 e. The van der Waals surface area contributed by atoms with E-state index in [0.29, 0.717) is 16.5 Å². The molecule has 22 heavy (non-hydrogen) atoms. The van der Waals surface area contributed by atoms with Gasteiger partial charge in [-0.2, -0.15) is 0 Å². The minimum absolute atomic E-state index is 0.362. The van der Waals surface area contributed by atoms with E-state index in [9.17, 15) is 9.59 Å². The molecule has 1 N–H and O–H groups in total. The Kier molecular flexibility index (Phi) is 9.55. The Balaban J connectivity index is 2.09. The quantitative estimate of drug-likeness (QED) is 0.317. The van der Waals surface area contributed by atoms with E-state index >= 15 is 0 Å². The number of ketones is 1. The van der Waals surface area contributed by atoms with Crippen molar-refractivity contribution in [3.8, 4) is 5.06 Å². The molecule has 124 valence electrons. The number of carboxylic acid groups (broad SMARTS) is 1. The number of hydrogen-bond acceptors (Lipinski definition) is 4. The Labute approximate surface area is 136 Å². The summed E-state index contributed by atoms with van der Waals surface area (Å²) in [7, 11) is 0. The molecule has 0 radical (unpaired) electrons. The standard InChI is InChI=1S/C17H26O4S/c1-2-3-4-5-6-7-8-9-12-21-17-11-10-15(22-17)14(18)13-16(19)20/h10-11H,2-9,12-13H2,1H3,(H,19,20). The van der Waals surface area contributed by atoms with Crippen molar-refractivity contribution >= 4 is 23.1 Å². The molecule has 0 bridgehead atoms. The van der Waals surface area contributed by atoms with Crippen LogP contribution in [0.25, 0.3) is 0 Å². The van der Waals surface area contributed by atoms with Gasteiger partial charge in [-0.25, -0.2) is 0 Å². The third-order valence-electron chi connectivity index (χ3n) is 3.41. The molecule has 0 fully saturated rings. The molecule has 0 spiro atoms. The summed E-state index contributed by atoms with van der Waals surface area (Å²) >= 11 is 1.23. The lowest BCUT2D eigenvalue weighted by molar-refractivity contribution is -0.135. The molecule has 0 saturated heterocycles. The van der Waals surface area contributed by atoms with Gasteiger partial charge in [0.15, 0.2) is 10.8 Å². The third-order valence-corrected chi connectivity index (χ3v) is 4.45. The zero-order valence-corrected chi connectivity index (χ0v) is 14.1. The SMILES string of the molecule is CCCCCCCCCCOc1ccc(C(=O)CC(=O)O)s1. The van der Waals surface area contributed by atoms with Crippen LogP contribution in [-0.2, 0) is 4.79 Å². The number of rotatable bonds is 13. The Morgan fingerprint density at radius 1 is 1.05 bits per heavy atom. The van der Waals surface area contributed by atoms with E-state index in [0.717, 1.165) is 6.42 Å². The number of carbonyl (C=O) groups is 2. The number of unbranched alkanes of at least 4 members (excludes halogenated alkanes) is 7. The fourth-order valence-corrected chi connectivity index (χ4v) is 3.00. The van der Waals surface area contributed by atoms with Crippen LogP contribution in [0.2, 0.25) is 0 Å². The highest BCUT2D eigenvalue weighted by atomic mass is 32.1. The number of hydrogen-bond donors (Lipinski definition) is 1. The van der Waals surface area contributed by atoms with E-state index in [1.165, 1.54) is 56.3 Å². The summed E-state index contributed by atoms with van der Waals surface area (Å²) < 4.78 is 5.61. The first-order valence-electron chi connectivity index (χ1n) is 8.11. The molecule has 0 aliphatic heterocycles. The van der Waals surface area contributed by atoms with Crippen LogP contribution < -0.4 is 4.74 Å². The molecule has 1 rings (SSSR count). The van der Waals surface area contributed by atoms with Crippen LogP contribution in [0.15, 0.2) is 12.1 Å². The molecule has 4 nitrogen and oxygen atoms in total. The topological polar surface area (TPSA) is 63.6 Å². The van der Waals surface area contributed by atoms with Crippen molar-refractivity contribution in [1.82, 2.24) is 0 Å². The lowest BCUT2D eigenvalue weighted by Gasteiger charge is -2.03. The van der Waals surface area contributed by atoms with Gasteiger partial charge in [-0.1, -0.05) is 63.2 Å². The van der Waals surface area contributed by atoms with Gasteiger partial charge in [-0.15, -0.1) is 0 Å². The van der Waals surface area contributed by atoms with Crippen LogP contribution in [0, 0.1) is 0 Å². The first kappa shape index (κ1) is 18.7. The van der Waals surface area contributed by atoms with Gasteiger partial charge in [0.05, 0.1) is 11.5 Å². The van der Waals surface area contributed by atoms with Gasteiger partial charge < -0.3 is 9.84 Å². The molecule has 1 heterocycles. The van der Waals surface area contributed by atoms with Crippen molar-refractivity contribution in [2.75, 3.05) is 6.61 Å². The molecule has 0 atom stereocenters. The van der Waals surface area contributed by atoms with E-state index in [2.05, 4.69) is 6.92 Å². The summed E-state index contributed by atoms with van der Waals surface area (Å²) in [6.07, 6.45) is 9.57. The highest BCUT2D eigenvalue weighted by Crippen LogP contribution is 2.25. The number of carbonyl (C=O) groups excluding carboxylic acids is 1. The smallest absolute Gasteiger partial charge is 0.311 e. The fourth-order valence-electron chi connectivity index (χ4n) is 2.18. The van der Waals surface area contributed by atoms with E-state index in [1.54, 1.807) is 12.1 Å². The minimum atomic E-state index is -1.10. The highest BCUT2D eigenvalue weighted by Gasteiger charge is 2.13. The first-order valence-corrected chi connectivity index (χ1v) is 8.92. The van der Waals surface area contributed by atoms with Crippen molar-refractivity contribution in [3.05, 3.63) is 17.0 Å². The van der Waals surface area contributed by atoms with Crippen molar-refractivity contribution in [3.63, 3.8) is 0 Å². The molecule has 5 heteroatoms. The van der Waals surface area contributed by atoms with Gasteiger partial charge in [-0.3, -0.25) is 9.59 Å².